The molecule has 3 aromatic rings. The number of hydrogen-bond acceptors (Lipinski definition) is 3. The van der Waals surface area contributed by atoms with Crippen LogP contribution in [0.2, 0.25) is 5.02 Å². The second-order valence-corrected chi connectivity index (χ2v) is 6.54. The molecular formula is C20H17ClN2O2. The van der Waals surface area contributed by atoms with Gasteiger partial charge in [0.25, 0.3) is 5.91 Å². The Labute approximate surface area is 150 Å². The fourth-order valence-electron chi connectivity index (χ4n) is 3.14. The molecule has 0 spiro atoms. The summed E-state index contributed by atoms with van der Waals surface area (Å²) < 4.78 is 5.67. The number of ether oxygens (including phenoxy) is 1. The molecule has 0 saturated carbocycles. The van der Waals surface area contributed by atoms with Crippen molar-refractivity contribution >= 4 is 28.4 Å². The third-order valence-corrected chi connectivity index (χ3v) is 4.97. The van der Waals surface area contributed by atoms with E-state index in [9.17, 15) is 4.79 Å². The summed E-state index contributed by atoms with van der Waals surface area (Å²) in [7, 11) is 0. The highest BCUT2D eigenvalue weighted by Crippen LogP contribution is 2.36. The molecule has 0 atom stereocenters. The lowest BCUT2D eigenvalue weighted by atomic mass is 9.96. The first-order valence-electron chi connectivity index (χ1n) is 8.20. The van der Waals surface area contributed by atoms with Gasteiger partial charge in [-0.3, -0.25) is 9.78 Å². The monoisotopic (exact) mass is 352 g/mol. The van der Waals surface area contributed by atoms with E-state index < -0.39 is 0 Å². The van der Waals surface area contributed by atoms with Crippen molar-refractivity contribution in [2.24, 2.45) is 0 Å². The van der Waals surface area contributed by atoms with Gasteiger partial charge in [0.2, 0.25) is 0 Å². The second kappa shape index (κ2) is 6.37. The maximum Gasteiger partial charge on any atom is 0.255 e. The van der Waals surface area contributed by atoms with Gasteiger partial charge in [0.1, 0.15) is 6.61 Å². The molecule has 2 aromatic carbocycles. The van der Waals surface area contributed by atoms with Crippen molar-refractivity contribution in [2.75, 3.05) is 13.2 Å². The van der Waals surface area contributed by atoms with E-state index in [1.807, 2.05) is 31.2 Å². The van der Waals surface area contributed by atoms with Crippen LogP contribution in [0.5, 0.6) is 5.75 Å². The largest absolute Gasteiger partial charge is 0.489 e. The van der Waals surface area contributed by atoms with Gasteiger partial charge in [-0.15, -0.1) is 0 Å². The van der Waals surface area contributed by atoms with Crippen LogP contribution < -0.4 is 10.1 Å². The van der Waals surface area contributed by atoms with Gasteiger partial charge in [0.05, 0.1) is 22.6 Å². The SMILES string of the molecule is Cc1c(Cc2ccc3ncccc3c2)cc2c(c1Cl)OCCNC2=O. The average molecular weight is 353 g/mol. The number of nitrogens with one attached hydrogen (secondary N) is 1. The number of halogens is 1. The number of carbonyl (C=O) groups is 1. The molecule has 126 valence electrons. The first-order valence-corrected chi connectivity index (χ1v) is 8.58. The Kier molecular flexibility index (Phi) is 4.06. The molecule has 0 aliphatic carbocycles. The number of rotatable bonds is 2. The van der Waals surface area contributed by atoms with Crippen LogP contribution in [-0.2, 0) is 6.42 Å². The standard InChI is InChI=1S/C20H17ClN2O2/c1-12-15(10-13-4-5-17-14(9-13)3-2-6-22-17)11-16-19(18(12)21)25-8-7-23-20(16)24/h2-6,9,11H,7-8,10H2,1H3,(H,23,24). The molecule has 0 radical (unpaired) electrons. The lowest BCUT2D eigenvalue weighted by molar-refractivity contribution is 0.0957. The summed E-state index contributed by atoms with van der Waals surface area (Å²) >= 11 is 6.50. The zero-order valence-electron chi connectivity index (χ0n) is 13.8. The van der Waals surface area contributed by atoms with Crippen molar-refractivity contribution in [3.8, 4) is 5.75 Å². The number of nitrogens with zero attached hydrogens (tertiary/aromatic N) is 1. The molecule has 4 rings (SSSR count). The van der Waals surface area contributed by atoms with Gasteiger partial charge in [-0.1, -0.05) is 23.7 Å². The zero-order chi connectivity index (χ0) is 17.4. The summed E-state index contributed by atoms with van der Waals surface area (Å²) in [4.78, 5) is 16.6. The molecule has 0 bridgehead atoms. The number of benzene rings is 2. The molecule has 0 saturated heterocycles. The molecule has 2 heterocycles. The molecule has 4 nitrogen and oxygen atoms in total. The van der Waals surface area contributed by atoms with Crippen LogP contribution in [0.15, 0.2) is 42.6 Å². The summed E-state index contributed by atoms with van der Waals surface area (Å²) in [5.41, 5.74) is 4.59. The van der Waals surface area contributed by atoms with Gasteiger partial charge in [-0.25, -0.2) is 0 Å². The van der Waals surface area contributed by atoms with Crippen LogP contribution in [-0.4, -0.2) is 24.0 Å². The van der Waals surface area contributed by atoms with Crippen LogP contribution in [0.4, 0.5) is 0 Å². The smallest absolute Gasteiger partial charge is 0.255 e. The fraction of sp³-hybridized carbons (Fsp3) is 0.200. The predicted molar refractivity (Wildman–Crippen MR) is 98.6 cm³/mol. The van der Waals surface area contributed by atoms with E-state index in [1.165, 1.54) is 0 Å². The Morgan fingerprint density at radius 2 is 2.16 bits per heavy atom. The maximum absolute atomic E-state index is 12.3. The normalized spacial score (nSPS) is 13.8. The number of carbonyl (C=O) groups excluding carboxylic acids is 1. The topological polar surface area (TPSA) is 51.2 Å². The van der Waals surface area contributed by atoms with Crippen molar-refractivity contribution in [1.29, 1.82) is 0 Å². The first-order chi connectivity index (χ1) is 12.1. The van der Waals surface area contributed by atoms with Gasteiger partial charge in [0.15, 0.2) is 5.75 Å². The predicted octanol–water partition coefficient (Wildman–Crippen LogP) is 3.91. The van der Waals surface area contributed by atoms with Crippen molar-refractivity contribution in [3.05, 3.63) is 69.9 Å². The Bertz CT molecular complexity index is 985. The van der Waals surface area contributed by atoms with Crippen LogP contribution in [0.25, 0.3) is 10.9 Å². The van der Waals surface area contributed by atoms with E-state index >= 15 is 0 Å². The van der Waals surface area contributed by atoms with E-state index in [4.69, 9.17) is 16.3 Å². The summed E-state index contributed by atoms with van der Waals surface area (Å²) in [6, 6.07) is 12.1. The van der Waals surface area contributed by atoms with Crippen LogP contribution in [0.3, 0.4) is 0 Å². The maximum atomic E-state index is 12.3. The number of pyridine rings is 1. The van der Waals surface area contributed by atoms with Crippen molar-refractivity contribution in [1.82, 2.24) is 10.3 Å². The summed E-state index contributed by atoms with van der Waals surface area (Å²) in [5.74, 6) is 0.346. The second-order valence-electron chi connectivity index (χ2n) is 6.16. The molecule has 0 unspecified atom stereocenters. The minimum Gasteiger partial charge on any atom is -0.489 e. The van der Waals surface area contributed by atoms with Gasteiger partial charge < -0.3 is 10.1 Å². The van der Waals surface area contributed by atoms with E-state index in [-0.39, 0.29) is 5.91 Å². The summed E-state index contributed by atoms with van der Waals surface area (Å²) in [5, 5.41) is 4.45. The van der Waals surface area contributed by atoms with E-state index in [2.05, 4.69) is 22.4 Å². The third kappa shape index (κ3) is 2.94. The fourth-order valence-corrected chi connectivity index (χ4v) is 3.42. The molecule has 1 amide bonds. The minimum atomic E-state index is -0.140. The summed E-state index contributed by atoms with van der Waals surface area (Å²) in [6.45, 7) is 2.87. The number of fused-ring (bicyclic) bond motifs is 2. The van der Waals surface area contributed by atoms with Crippen LogP contribution in [0, 0.1) is 6.92 Å². The molecular weight excluding hydrogens is 336 g/mol. The molecule has 5 heteroatoms. The molecule has 25 heavy (non-hydrogen) atoms. The molecule has 1 aliphatic heterocycles. The van der Waals surface area contributed by atoms with Crippen molar-refractivity contribution in [2.45, 2.75) is 13.3 Å². The van der Waals surface area contributed by atoms with E-state index in [0.29, 0.717) is 35.9 Å². The van der Waals surface area contributed by atoms with Crippen molar-refractivity contribution < 1.29 is 9.53 Å². The third-order valence-electron chi connectivity index (χ3n) is 4.51. The van der Waals surface area contributed by atoms with Crippen molar-refractivity contribution in [3.63, 3.8) is 0 Å². The van der Waals surface area contributed by atoms with Gasteiger partial charge in [0, 0.05) is 11.6 Å². The zero-order valence-corrected chi connectivity index (χ0v) is 14.6. The highest BCUT2D eigenvalue weighted by Gasteiger charge is 2.22. The minimum absolute atomic E-state index is 0.140. The average Bonchev–Trinajstić information content (AvgIpc) is 2.81. The van der Waals surface area contributed by atoms with E-state index in [0.717, 1.165) is 27.6 Å². The molecule has 1 N–H and O–H groups in total. The Hall–Kier alpha value is -2.59. The van der Waals surface area contributed by atoms with E-state index in [1.54, 1.807) is 6.20 Å². The molecule has 0 fully saturated rings. The van der Waals surface area contributed by atoms with Gasteiger partial charge in [-0.05, 0) is 54.3 Å². The van der Waals surface area contributed by atoms with Crippen LogP contribution in [0.1, 0.15) is 27.0 Å². The van der Waals surface area contributed by atoms with Crippen LogP contribution >= 0.6 is 11.6 Å². The number of aromatic nitrogens is 1. The Balaban J connectivity index is 1.77. The van der Waals surface area contributed by atoms with Gasteiger partial charge in [-0.2, -0.15) is 0 Å². The molecule has 1 aliphatic rings. The summed E-state index contributed by atoms with van der Waals surface area (Å²) in [6.07, 6.45) is 2.48. The number of hydrogen-bond donors (Lipinski definition) is 1. The highest BCUT2D eigenvalue weighted by atomic mass is 35.5. The lowest BCUT2D eigenvalue weighted by Crippen LogP contribution is -2.24. The van der Waals surface area contributed by atoms with Gasteiger partial charge >= 0.3 is 0 Å². The molecule has 1 aromatic heterocycles. The number of amides is 1. The Morgan fingerprint density at radius 3 is 3.04 bits per heavy atom. The lowest BCUT2D eigenvalue weighted by Gasteiger charge is -2.15. The quantitative estimate of drug-likeness (QED) is 0.760. The first kappa shape index (κ1) is 15.9. The highest BCUT2D eigenvalue weighted by molar-refractivity contribution is 6.33. The Morgan fingerprint density at radius 1 is 1.28 bits per heavy atom.